The molecule has 0 aliphatic rings. The van der Waals surface area contributed by atoms with Crippen molar-refractivity contribution in [3.63, 3.8) is 0 Å². The molecular formula is C19H14N6S. The van der Waals surface area contributed by atoms with Gasteiger partial charge in [0.15, 0.2) is 5.69 Å². The van der Waals surface area contributed by atoms with Gasteiger partial charge in [-0.1, -0.05) is 18.2 Å². The van der Waals surface area contributed by atoms with Gasteiger partial charge < -0.3 is 0 Å². The molecule has 3 heterocycles. The fourth-order valence-corrected chi connectivity index (χ4v) is 3.44. The molecule has 4 aromatic rings. The van der Waals surface area contributed by atoms with Crippen LogP contribution in [0.4, 0.5) is 0 Å². The van der Waals surface area contributed by atoms with Crippen LogP contribution in [0.15, 0.2) is 54.3 Å². The Labute approximate surface area is 154 Å². The number of hydrogen-bond donors (Lipinski definition) is 0. The predicted molar refractivity (Wildman–Crippen MR) is 99.4 cm³/mol. The van der Waals surface area contributed by atoms with Crippen molar-refractivity contribution >= 4 is 11.3 Å². The van der Waals surface area contributed by atoms with Gasteiger partial charge in [0.25, 0.3) is 0 Å². The molecule has 0 atom stereocenters. The maximum absolute atomic E-state index is 9.24. The van der Waals surface area contributed by atoms with Crippen LogP contribution in [0.2, 0.25) is 0 Å². The van der Waals surface area contributed by atoms with Gasteiger partial charge in [0.2, 0.25) is 0 Å². The lowest BCUT2D eigenvalue weighted by Crippen LogP contribution is -2.00. The standard InChI is InChI=1S/C19H14N6S/c1-13-12-26-18(23-13)11-25-8-5-16(24-25)14-3-2-4-15(9-14)19-17(10-20)21-6-7-22-19/h2-9,12H,11H2,1H3. The molecule has 0 unspecified atom stereocenters. The Kier molecular flexibility index (Phi) is 4.25. The smallest absolute Gasteiger partial charge is 0.166 e. The Hall–Kier alpha value is -3.37. The van der Waals surface area contributed by atoms with E-state index in [0.29, 0.717) is 17.9 Å². The van der Waals surface area contributed by atoms with Crippen molar-refractivity contribution in [2.75, 3.05) is 0 Å². The number of aryl methyl sites for hydroxylation is 1. The number of hydrogen-bond acceptors (Lipinski definition) is 6. The molecule has 0 aliphatic carbocycles. The molecule has 4 rings (SSSR count). The van der Waals surface area contributed by atoms with Gasteiger partial charge in [-0.15, -0.1) is 11.3 Å². The van der Waals surface area contributed by atoms with Crippen LogP contribution in [-0.4, -0.2) is 24.7 Å². The van der Waals surface area contributed by atoms with Crippen molar-refractivity contribution in [2.45, 2.75) is 13.5 Å². The van der Waals surface area contributed by atoms with E-state index >= 15 is 0 Å². The first-order valence-corrected chi connectivity index (χ1v) is 8.87. The molecular weight excluding hydrogens is 344 g/mol. The first-order valence-electron chi connectivity index (χ1n) is 7.99. The zero-order valence-electron chi connectivity index (χ0n) is 14.0. The Morgan fingerprint density at radius 1 is 1.15 bits per heavy atom. The minimum Gasteiger partial charge on any atom is -0.265 e. The SMILES string of the molecule is Cc1csc(Cn2ccc(-c3cccc(-c4nccnc4C#N)c3)n2)n1. The zero-order chi connectivity index (χ0) is 17.9. The van der Waals surface area contributed by atoms with Gasteiger partial charge in [0.1, 0.15) is 16.8 Å². The van der Waals surface area contributed by atoms with E-state index < -0.39 is 0 Å². The highest BCUT2D eigenvalue weighted by atomic mass is 32.1. The number of nitrogens with zero attached hydrogens (tertiary/aromatic N) is 6. The Balaban J connectivity index is 1.64. The summed E-state index contributed by atoms with van der Waals surface area (Å²) in [5.41, 5.74) is 4.59. The third-order valence-corrected chi connectivity index (χ3v) is 4.79. The third kappa shape index (κ3) is 3.23. The molecule has 0 saturated heterocycles. The van der Waals surface area contributed by atoms with Gasteiger partial charge in [0.05, 0.1) is 12.2 Å². The van der Waals surface area contributed by atoms with Crippen molar-refractivity contribution in [1.82, 2.24) is 24.7 Å². The Morgan fingerprint density at radius 3 is 2.81 bits per heavy atom. The summed E-state index contributed by atoms with van der Waals surface area (Å²) in [7, 11) is 0. The number of nitriles is 1. The van der Waals surface area contributed by atoms with Crippen LogP contribution in [0.3, 0.4) is 0 Å². The number of thiazole rings is 1. The highest BCUT2D eigenvalue weighted by Crippen LogP contribution is 2.25. The molecule has 3 aromatic heterocycles. The summed E-state index contributed by atoms with van der Waals surface area (Å²) in [4.78, 5) is 12.9. The second-order valence-electron chi connectivity index (χ2n) is 5.73. The van der Waals surface area contributed by atoms with Crippen LogP contribution in [-0.2, 0) is 6.54 Å². The topological polar surface area (TPSA) is 80.3 Å². The molecule has 0 N–H and O–H groups in total. The molecule has 126 valence electrons. The first kappa shape index (κ1) is 16.1. The molecule has 0 radical (unpaired) electrons. The average Bonchev–Trinajstić information content (AvgIpc) is 3.31. The predicted octanol–water partition coefficient (Wildman–Crippen LogP) is 3.69. The molecule has 26 heavy (non-hydrogen) atoms. The second kappa shape index (κ2) is 6.86. The lowest BCUT2D eigenvalue weighted by molar-refractivity contribution is 0.684. The van der Waals surface area contributed by atoms with Crippen LogP contribution in [0.1, 0.15) is 16.4 Å². The maximum atomic E-state index is 9.24. The summed E-state index contributed by atoms with van der Waals surface area (Å²) in [6.07, 6.45) is 5.06. The van der Waals surface area contributed by atoms with Crippen molar-refractivity contribution in [3.05, 3.63) is 70.7 Å². The Morgan fingerprint density at radius 2 is 2.00 bits per heavy atom. The van der Waals surface area contributed by atoms with Gasteiger partial charge in [-0.05, 0) is 19.1 Å². The van der Waals surface area contributed by atoms with E-state index in [1.54, 1.807) is 17.5 Å². The first-order chi connectivity index (χ1) is 12.7. The molecule has 0 amide bonds. The van der Waals surface area contributed by atoms with E-state index in [9.17, 15) is 5.26 Å². The fourth-order valence-electron chi connectivity index (χ4n) is 2.67. The van der Waals surface area contributed by atoms with Gasteiger partial charge in [-0.2, -0.15) is 10.4 Å². The van der Waals surface area contributed by atoms with Crippen LogP contribution in [0.5, 0.6) is 0 Å². The number of benzene rings is 1. The summed E-state index contributed by atoms with van der Waals surface area (Å²) in [5, 5.41) is 17.0. The highest BCUT2D eigenvalue weighted by molar-refractivity contribution is 7.09. The second-order valence-corrected chi connectivity index (χ2v) is 6.67. The minimum absolute atomic E-state index is 0.314. The third-order valence-electron chi connectivity index (χ3n) is 3.84. The van der Waals surface area contributed by atoms with Gasteiger partial charge in [0, 0.05) is 40.8 Å². The zero-order valence-corrected chi connectivity index (χ0v) is 14.8. The molecule has 0 fully saturated rings. The van der Waals surface area contributed by atoms with Gasteiger partial charge in [-0.25, -0.2) is 9.97 Å². The van der Waals surface area contributed by atoms with Crippen molar-refractivity contribution in [2.24, 2.45) is 0 Å². The van der Waals surface area contributed by atoms with E-state index in [-0.39, 0.29) is 0 Å². The molecule has 0 saturated carbocycles. The van der Waals surface area contributed by atoms with E-state index in [0.717, 1.165) is 27.5 Å². The van der Waals surface area contributed by atoms with Crippen LogP contribution >= 0.6 is 11.3 Å². The minimum atomic E-state index is 0.314. The molecule has 7 heteroatoms. The molecule has 0 aliphatic heterocycles. The fraction of sp³-hybridized carbons (Fsp3) is 0.105. The summed E-state index contributed by atoms with van der Waals surface area (Å²) in [6, 6.07) is 11.9. The van der Waals surface area contributed by atoms with Gasteiger partial charge >= 0.3 is 0 Å². The quantitative estimate of drug-likeness (QED) is 0.556. The lowest BCUT2D eigenvalue weighted by atomic mass is 10.0. The maximum Gasteiger partial charge on any atom is 0.166 e. The molecule has 1 aromatic carbocycles. The Bertz CT molecular complexity index is 1100. The van der Waals surface area contributed by atoms with Crippen LogP contribution in [0.25, 0.3) is 22.5 Å². The van der Waals surface area contributed by atoms with E-state index in [1.807, 2.05) is 53.5 Å². The van der Waals surface area contributed by atoms with E-state index in [2.05, 4.69) is 26.1 Å². The van der Waals surface area contributed by atoms with E-state index in [4.69, 9.17) is 0 Å². The largest absolute Gasteiger partial charge is 0.265 e. The van der Waals surface area contributed by atoms with Crippen molar-refractivity contribution in [1.29, 1.82) is 5.26 Å². The number of aromatic nitrogens is 5. The normalized spacial score (nSPS) is 10.6. The van der Waals surface area contributed by atoms with Gasteiger partial charge in [-0.3, -0.25) is 9.67 Å². The summed E-state index contributed by atoms with van der Waals surface area (Å²) in [5.74, 6) is 0. The molecule has 6 nitrogen and oxygen atoms in total. The lowest BCUT2D eigenvalue weighted by Gasteiger charge is -2.04. The average molecular weight is 358 g/mol. The highest BCUT2D eigenvalue weighted by Gasteiger charge is 2.10. The van der Waals surface area contributed by atoms with Crippen molar-refractivity contribution in [3.8, 4) is 28.6 Å². The summed E-state index contributed by atoms with van der Waals surface area (Å²) >= 11 is 1.64. The molecule has 0 spiro atoms. The van der Waals surface area contributed by atoms with Crippen LogP contribution < -0.4 is 0 Å². The van der Waals surface area contributed by atoms with Crippen molar-refractivity contribution < 1.29 is 0 Å². The molecule has 0 bridgehead atoms. The summed E-state index contributed by atoms with van der Waals surface area (Å²) in [6.45, 7) is 2.64. The van der Waals surface area contributed by atoms with Crippen LogP contribution in [0, 0.1) is 18.3 Å². The number of rotatable bonds is 4. The summed E-state index contributed by atoms with van der Waals surface area (Å²) < 4.78 is 1.88. The van der Waals surface area contributed by atoms with E-state index in [1.165, 1.54) is 6.20 Å². The monoisotopic (exact) mass is 358 g/mol.